The average molecular weight is 1330 g/mol. The van der Waals surface area contributed by atoms with Gasteiger partial charge < -0.3 is 39.4 Å². The molecule has 5 heterocycles. The van der Waals surface area contributed by atoms with Crippen LogP contribution in [0.3, 0.4) is 0 Å². The maximum absolute atomic E-state index is 13.3. The lowest BCUT2D eigenvalue weighted by Gasteiger charge is -2.28. The first kappa shape index (κ1) is 73.6. The van der Waals surface area contributed by atoms with Crippen molar-refractivity contribution in [2.24, 2.45) is 4.40 Å². The third-order valence-electron chi connectivity index (χ3n) is 16.9. The molecule has 4 aliphatic rings. The number of benzene rings is 4. The van der Waals surface area contributed by atoms with Gasteiger partial charge in [-0.3, -0.25) is 9.83 Å². The highest BCUT2D eigenvalue weighted by Crippen LogP contribution is 2.49. The summed E-state index contributed by atoms with van der Waals surface area (Å²) in [5, 5.41) is 25.8. The van der Waals surface area contributed by atoms with Gasteiger partial charge in [-0.15, -0.1) is 12.8 Å². The molecule has 95 heavy (non-hydrogen) atoms. The summed E-state index contributed by atoms with van der Waals surface area (Å²) < 4.78 is 46.1. The number of hydrogen-bond donors (Lipinski definition) is 0. The molecule has 18 nitrogen and oxygen atoms in total. The number of likely N-dealkylation sites (N-methyl/N-ethyl adjacent to an activating group) is 3. The number of aromatic nitrogens is 1. The minimum Gasteiger partial charge on any atom is -0.691 e. The predicted molar refractivity (Wildman–Crippen MR) is 379 cm³/mol. The topological polar surface area (TPSA) is 187 Å². The minimum absolute atomic E-state index is 0.0226. The fourth-order valence-electron chi connectivity index (χ4n) is 12.2. The standard InChI is InChI=1S/C34H41N3O5S.C29H32N2O.C12H19N3O4S/c1-32(2,3)40-31(38)37(43-42-41-39)24(16-14-22-29-33(4,5)25-18-10-12-20-27(25)35(29)8)17-15-23-30-34(6,7)26-19-11-13-21-28(26)36(30)9;1-28(2)22-15-7-9-17-24(22)30(5)26(28)19-11-13-21(32)14-12-20-27-29(3,4)23-16-8-10-18-25(23)31(27)6;1-12(2,3)19-11(16)13-20(17,18)15-8-6-10(7-9-15)14(4)5/h10-23H,1-9H3;7-20H,1-6H3;6-9H,1-5H3/b;13-11+,14-12+,26-19+,27-20+;. The number of amides is 1. The van der Waals surface area contributed by atoms with Crippen molar-refractivity contribution in [3.63, 3.8) is 0 Å². The largest absolute Gasteiger partial charge is 0.691 e. The second kappa shape index (κ2) is 29.5. The van der Waals surface area contributed by atoms with E-state index in [0.29, 0.717) is 17.9 Å². The first-order valence-corrected chi connectivity index (χ1v) is 33.3. The van der Waals surface area contributed by atoms with Crippen LogP contribution in [0.25, 0.3) is 0 Å². The van der Waals surface area contributed by atoms with Crippen LogP contribution >= 0.6 is 12.2 Å². The number of pyridine rings is 1. The Bertz CT molecular complexity index is 4010. The molecule has 504 valence electrons. The smallest absolute Gasteiger partial charge is 0.493 e. The molecular weight excluding hydrogens is 1240 g/mol. The Hall–Kier alpha value is -8.79. The highest BCUT2D eigenvalue weighted by Gasteiger charge is 2.43. The van der Waals surface area contributed by atoms with E-state index in [0.717, 1.165) is 36.7 Å². The maximum atomic E-state index is 13.3. The molecule has 0 atom stereocenters. The molecule has 1 aromatic heterocycles. The molecule has 0 spiro atoms. The molecule has 0 saturated carbocycles. The SMILES string of the molecule is CN(C)c1cc[n+](S(=O)(=O)N=C([O-])OC(C)(C)C)cc1.CN1/C(=C/C=C/C(=C/C=C/C2=[N+](C)c3ccccc3C2(C)C)N(SOO[O-])C(=O)OC(C)(C)C)C(C)(C)c2ccccc21.CN1/C(=C/C=C/C(=O)/C=C/C=C2/N(C)c3ccccc3C2(C)C)C(C)(C)c2ccccc21. The van der Waals surface area contributed by atoms with Crippen molar-refractivity contribution in [2.45, 2.75) is 130 Å². The van der Waals surface area contributed by atoms with Crippen molar-refractivity contribution in [2.75, 3.05) is 61.9 Å². The molecule has 0 unspecified atom stereocenters. The van der Waals surface area contributed by atoms with Gasteiger partial charge in [0, 0.05) is 127 Å². The highest BCUT2D eigenvalue weighted by atomic mass is 32.2. The number of nitrogens with zero attached hydrogens (tertiary/aromatic N) is 8. The molecule has 0 bridgehead atoms. The molecular formula is C75H92N8O10S2. The van der Waals surface area contributed by atoms with Crippen LogP contribution < -0.4 is 33.9 Å². The molecule has 0 aliphatic carbocycles. The van der Waals surface area contributed by atoms with E-state index in [1.807, 2.05) is 93.8 Å². The van der Waals surface area contributed by atoms with E-state index in [-0.39, 0.29) is 27.4 Å². The van der Waals surface area contributed by atoms with Gasteiger partial charge in [-0.2, -0.15) is 8.88 Å². The van der Waals surface area contributed by atoms with Gasteiger partial charge in [0.25, 0.3) is 0 Å². The van der Waals surface area contributed by atoms with Crippen molar-refractivity contribution < 1.29 is 55.8 Å². The molecule has 0 saturated heterocycles. The zero-order valence-electron chi connectivity index (χ0n) is 58.5. The number of ketones is 1. The van der Waals surface area contributed by atoms with Crippen LogP contribution in [0.2, 0.25) is 0 Å². The van der Waals surface area contributed by atoms with Crippen LogP contribution in [-0.2, 0) is 55.5 Å². The number of hydrogen-bond acceptors (Lipinski definition) is 15. The van der Waals surface area contributed by atoms with Gasteiger partial charge in [0.05, 0.1) is 11.1 Å². The normalized spacial score (nSPS) is 18.3. The zero-order chi connectivity index (χ0) is 70.2. The summed E-state index contributed by atoms with van der Waals surface area (Å²) in [7, 11) is 7.80. The Morgan fingerprint density at radius 1 is 0.589 bits per heavy atom. The van der Waals surface area contributed by atoms with Crippen molar-refractivity contribution >= 4 is 74.5 Å². The Labute approximate surface area is 567 Å². The van der Waals surface area contributed by atoms with E-state index < -0.39 is 33.6 Å². The fourth-order valence-corrected chi connectivity index (χ4v) is 13.3. The quantitative estimate of drug-likeness (QED) is 0.0111. The third-order valence-corrected chi connectivity index (χ3v) is 18.7. The summed E-state index contributed by atoms with van der Waals surface area (Å²) in [4.78, 5) is 34.1. The van der Waals surface area contributed by atoms with Crippen molar-refractivity contribution in [3.8, 4) is 0 Å². The summed E-state index contributed by atoms with van der Waals surface area (Å²) in [5.41, 5.74) is 13.4. The Kier molecular flexibility index (Phi) is 22.8. The van der Waals surface area contributed by atoms with Crippen LogP contribution in [-0.4, -0.2) is 94.5 Å². The van der Waals surface area contributed by atoms with E-state index >= 15 is 0 Å². The number of carbonyl (C=O) groups is 2. The summed E-state index contributed by atoms with van der Waals surface area (Å²) in [6, 6.07) is 36.8. The van der Waals surface area contributed by atoms with Crippen LogP contribution in [0.1, 0.15) is 119 Å². The number of fused-ring (bicyclic) bond motifs is 4. The van der Waals surface area contributed by atoms with E-state index in [4.69, 9.17) is 9.47 Å². The number of rotatable bonds is 15. The fraction of sp³-hybridized carbons (Fsp3) is 0.347. The molecule has 4 aliphatic heterocycles. The van der Waals surface area contributed by atoms with Gasteiger partial charge in [-0.1, -0.05) is 168 Å². The highest BCUT2D eigenvalue weighted by molar-refractivity contribution is 7.92. The first-order chi connectivity index (χ1) is 44.4. The summed E-state index contributed by atoms with van der Waals surface area (Å²) in [6.07, 6.45) is 23.2. The molecule has 0 radical (unpaired) electrons. The van der Waals surface area contributed by atoms with Gasteiger partial charge in [0.1, 0.15) is 12.6 Å². The Morgan fingerprint density at radius 2 is 1.00 bits per heavy atom. The molecule has 5 aromatic rings. The predicted octanol–water partition coefficient (Wildman–Crippen LogP) is 13.0. The molecule has 4 aromatic carbocycles. The number of para-hydroxylation sites is 4. The van der Waals surface area contributed by atoms with Crippen LogP contribution in [0.15, 0.2) is 222 Å². The lowest BCUT2D eigenvalue weighted by molar-refractivity contribution is -0.777. The van der Waals surface area contributed by atoms with E-state index in [9.17, 15) is 28.4 Å². The van der Waals surface area contributed by atoms with E-state index in [1.54, 1.807) is 78.0 Å². The second-order valence-corrected chi connectivity index (χ2v) is 29.7. The van der Waals surface area contributed by atoms with Crippen molar-refractivity contribution in [1.29, 1.82) is 0 Å². The lowest BCUT2D eigenvalue weighted by Crippen LogP contribution is -2.43. The van der Waals surface area contributed by atoms with Gasteiger partial charge >= 0.3 is 16.3 Å². The summed E-state index contributed by atoms with van der Waals surface area (Å²) >= 11 is 0.446. The van der Waals surface area contributed by atoms with Crippen LogP contribution in [0, 0.1) is 0 Å². The monoisotopic (exact) mass is 1330 g/mol. The number of ether oxygens (including phenoxy) is 2. The molecule has 0 fully saturated rings. The molecule has 0 N–H and O–H groups in total. The van der Waals surface area contributed by atoms with Gasteiger partial charge in [0.2, 0.25) is 5.69 Å². The van der Waals surface area contributed by atoms with Gasteiger partial charge in [0.15, 0.2) is 42.2 Å². The molecule has 9 rings (SSSR count). The van der Waals surface area contributed by atoms with Gasteiger partial charge in [-0.05, 0) is 112 Å². The summed E-state index contributed by atoms with van der Waals surface area (Å²) in [6.45, 7) is 27.8. The van der Waals surface area contributed by atoms with Crippen LogP contribution in [0.4, 0.5) is 33.2 Å². The zero-order valence-corrected chi connectivity index (χ0v) is 60.1. The Balaban J connectivity index is 0.000000215. The summed E-state index contributed by atoms with van der Waals surface area (Å²) in [5.74, 6) is -0.0226. The van der Waals surface area contributed by atoms with E-state index in [2.05, 4.69) is 187 Å². The van der Waals surface area contributed by atoms with E-state index in [1.165, 1.54) is 57.4 Å². The van der Waals surface area contributed by atoms with Crippen molar-refractivity contribution in [1.82, 2.24) is 4.31 Å². The second-order valence-electron chi connectivity index (χ2n) is 27.6. The number of carbonyl (C=O) groups excluding carboxylic acids is 2. The minimum atomic E-state index is -4.13. The average Bonchev–Trinajstić information content (AvgIpc) is 1.63. The Morgan fingerprint density at radius 3 is 1.40 bits per heavy atom. The number of anilines is 4. The first-order valence-electron chi connectivity index (χ1n) is 31.2. The third kappa shape index (κ3) is 17.0. The molecule has 1 amide bonds. The van der Waals surface area contributed by atoms with Gasteiger partial charge in [-0.25, -0.2) is 4.79 Å². The lowest BCUT2D eigenvalue weighted by atomic mass is 9.81. The molecule has 20 heteroatoms. The van der Waals surface area contributed by atoms with Crippen LogP contribution in [0.5, 0.6) is 0 Å². The number of allylic oxidation sites excluding steroid dienone is 15. The maximum Gasteiger partial charge on any atom is 0.493 e. The van der Waals surface area contributed by atoms with Crippen molar-refractivity contribution in [3.05, 3.63) is 240 Å².